The van der Waals surface area contributed by atoms with E-state index in [-0.39, 0.29) is 17.6 Å². The molecule has 1 aromatic heterocycles. The molecule has 0 fully saturated rings. The molecule has 1 rings (SSSR count). The van der Waals surface area contributed by atoms with Gasteiger partial charge < -0.3 is 0 Å². The van der Waals surface area contributed by atoms with Gasteiger partial charge in [0, 0.05) is 12.4 Å². The molecule has 0 N–H and O–H groups in total. The van der Waals surface area contributed by atoms with Gasteiger partial charge in [0.2, 0.25) is 0 Å². The van der Waals surface area contributed by atoms with Crippen LogP contribution in [0.4, 0.5) is 0 Å². The molecule has 1 aromatic rings. The summed E-state index contributed by atoms with van der Waals surface area (Å²) in [4.78, 5) is 3.78. The Morgan fingerprint density at radius 2 is 1.43 bits per heavy atom. The standard InChI is InChI=1S/C5H5N.GeH4/c1-2-4-6-5-3-1;/h1-5H;1H4. The molecule has 0 aliphatic rings. The maximum absolute atomic E-state index is 3.78. The minimum atomic E-state index is 0. The van der Waals surface area contributed by atoms with E-state index in [1.165, 1.54) is 0 Å². The molecule has 0 radical (unpaired) electrons. The van der Waals surface area contributed by atoms with Crippen molar-refractivity contribution in [1.82, 2.24) is 4.98 Å². The fourth-order valence-corrected chi connectivity index (χ4v) is 0.313. The molecular weight excluding hydrogens is 147 g/mol. The average molecular weight is 156 g/mol. The zero-order valence-electron chi connectivity index (χ0n) is 3.33. The van der Waals surface area contributed by atoms with Gasteiger partial charge in [0.05, 0.1) is 0 Å². The molecule has 0 bridgehead atoms. The minimum Gasteiger partial charge on any atom is -0.265 e. The van der Waals surface area contributed by atoms with Crippen LogP contribution in [0.25, 0.3) is 0 Å². The summed E-state index contributed by atoms with van der Waals surface area (Å²) in [5.74, 6) is 0. The smallest absolute Gasteiger partial charge is 0.0267 e. The molecule has 0 atom stereocenters. The Balaban J connectivity index is 0.000000360. The van der Waals surface area contributed by atoms with Crippen LogP contribution in [-0.4, -0.2) is 22.6 Å². The second-order valence-corrected chi connectivity index (χ2v) is 1.02. The van der Waals surface area contributed by atoms with Gasteiger partial charge in [-0.3, -0.25) is 4.98 Å². The van der Waals surface area contributed by atoms with Crippen molar-refractivity contribution in [2.24, 2.45) is 0 Å². The molecule has 1 heterocycles. The van der Waals surface area contributed by atoms with E-state index in [0.29, 0.717) is 0 Å². The SMILES string of the molecule is [GeH4].c1ccncc1. The molecule has 0 saturated carbocycles. The van der Waals surface area contributed by atoms with E-state index in [4.69, 9.17) is 0 Å². The maximum atomic E-state index is 3.78. The molecule has 7 heavy (non-hydrogen) atoms. The van der Waals surface area contributed by atoms with E-state index in [0.717, 1.165) is 0 Å². The van der Waals surface area contributed by atoms with Crippen LogP contribution in [0.1, 0.15) is 0 Å². The summed E-state index contributed by atoms with van der Waals surface area (Å²) in [6.45, 7) is 0. The van der Waals surface area contributed by atoms with Crippen LogP contribution in [0.5, 0.6) is 0 Å². The fraction of sp³-hybridized carbons (Fsp3) is 0. The van der Waals surface area contributed by atoms with Crippen LogP contribution in [0.3, 0.4) is 0 Å². The van der Waals surface area contributed by atoms with E-state index < -0.39 is 0 Å². The summed E-state index contributed by atoms with van der Waals surface area (Å²) >= 11 is 0. The number of hydrogen-bond donors (Lipinski definition) is 0. The monoisotopic (exact) mass is 157 g/mol. The first-order valence-corrected chi connectivity index (χ1v) is 1.85. The number of hydrogen-bond acceptors (Lipinski definition) is 1. The summed E-state index contributed by atoms with van der Waals surface area (Å²) < 4.78 is 0. The minimum absolute atomic E-state index is 0. The second kappa shape index (κ2) is 3.87. The van der Waals surface area contributed by atoms with Crippen molar-refractivity contribution in [3.8, 4) is 0 Å². The summed E-state index contributed by atoms with van der Waals surface area (Å²) in [7, 11) is 0. The summed E-state index contributed by atoms with van der Waals surface area (Å²) in [5.41, 5.74) is 0. The van der Waals surface area contributed by atoms with Crippen LogP contribution in [0, 0.1) is 0 Å². The van der Waals surface area contributed by atoms with Gasteiger partial charge in [-0.25, -0.2) is 0 Å². The van der Waals surface area contributed by atoms with Crippen molar-refractivity contribution in [1.29, 1.82) is 0 Å². The first-order valence-electron chi connectivity index (χ1n) is 1.85. The van der Waals surface area contributed by atoms with Crippen LogP contribution in [0.15, 0.2) is 30.6 Å². The molecular formula is C5H9GeN. The van der Waals surface area contributed by atoms with Crippen LogP contribution >= 0.6 is 0 Å². The van der Waals surface area contributed by atoms with Gasteiger partial charge in [-0.05, 0) is 12.1 Å². The van der Waals surface area contributed by atoms with Gasteiger partial charge in [0.25, 0.3) is 0 Å². The predicted molar refractivity (Wildman–Crippen MR) is 35.6 cm³/mol. The van der Waals surface area contributed by atoms with Crippen molar-refractivity contribution in [2.45, 2.75) is 0 Å². The van der Waals surface area contributed by atoms with Gasteiger partial charge in [-0.2, -0.15) is 0 Å². The third-order valence-corrected chi connectivity index (χ3v) is 0.566. The van der Waals surface area contributed by atoms with Gasteiger partial charge in [0.15, 0.2) is 0 Å². The molecule has 0 aromatic carbocycles. The third-order valence-electron chi connectivity index (χ3n) is 0.566. The summed E-state index contributed by atoms with van der Waals surface area (Å²) in [6, 6.07) is 5.72. The normalized spacial score (nSPS) is 6.86. The first-order chi connectivity index (χ1) is 3.00. The van der Waals surface area contributed by atoms with E-state index in [2.05, 4.69) is 4.98 Å². The van der Waals surface area contributed by atoms with E-state index in [1.807, 2.05) is 18.2 Å². The van der Waals surface area contributed by atoms with Crippen molar-refractivity contribution in [3.63, 3.8) is 0 Å². The van der Waals surface area contributed by atoms with Gasteiger partial charge in [-0.15, -0.1) is 0 Å². The van der Waals surface area contributed by atoms with E-state index in [9.17, 15) is 0 Å². The van der Waals surface area contributed by atoms with Gasteiger partial charge in [0.1, 0.15) is 0 Å². The first kappa shape index (κ1) is 6.69. The largest absolute Gasteiger partial charge is 0.265 e. The second-order valence-electron chi connectivity index (χ2n) is 1.02. The van der Waals surface area contributed by atoms with Crippen molar-refractivity contribution in [3.05, 3.63) is 30.6 Å². The number of nitrogens with zero attached hydrogens (tertiary/aromatic N) is 1. The molecule has 2 heteroatoms. The molecule has 0 spiro atoms. The average Bonchev–Trinajstić information content (AvgIpc) is 1.72. The van der Waals surface area contributed by atoms with E-state index >= 15 is 0 Å². The number of rotatable bonds is 0. The number of pyridine rings is 1. The molecule has 0 aliphatic carbocycles. The molecule has 0 saturated heterocycles. The zero-order chi connectivity index (χ0) is 4.24. The van der Waals surface area contributed by atoms with E-state index in [1.54, 1.807) is 12.4 Å². The summed E-state index contributed by atoms with van der Waals surface area (Å²) in [6.07, 6.45) is 3.50. The Bertz CT molecular complexity index is 80.0. The van der Waals surface area contributed by atoms with Crippen LogP contribution in [0.2, 0.25) is 0 Å². The molecule has 0 unspecified atom stereocenters. The Morgan fingerprint density at radius 1 is 0.857 bits per heavy atom. The topological polar surface area (TPSA) is 12.9 Å². The van der Waals surface area contributed by atoms with Crippen LogP contribution < -0.4 is 0 Å². The maximum Gasteiger partial charge on any atom is 0.0267 e. The Kier molecular flexibility index (Phi) is 3.70. The predicted octanol–water partition coefficient (Wildman–Crippen LogP) is -0.370. The Labute approximate surface area is 53.7 Å². The number of aromatic nitrogens is 1. The fourth-order valence-electron chi connectivity index (χ4n) is 0.313. The molecule has 38 valence electrons. The van der Waals surface area contributed by atoms with Crippen molar-refractivity contribution >= 4 is 17.6 Å². The van der Waals surface area contributed by atoms with Gasteiger partial charge in [-0.1, -0.05) is 6.07 Å². The molecule has 1 nitrogen and oxygen atoms in total. The van der Waals surface area contributed by atoms with Crippen molar-refractivity contribution in [2.75, 3.05) is 0 Å². The quantitative estimate of drug-likeness (QED) is 0.466. The molecule has 0 amide bonds. The third kappa shape index (κ3) is 2.40. The Morgan fingerprint density at radius 3 is 1.57 bits per heavy atom. The van der Waals surface area contributed by atoms with Crippen LogP contribution in [-0.2, 0) is 0 Å². The summed E-state index contributed by atoms with van der Waals surface area (Å²) in [5, 5.41) is 0. The molecule has 0 aliphatic heterocycles. The Hall–Kier alpha value is -0.307. The van der Waals surface area contributed by atoms with Gasteiger partial charge >= 0.3 is 17.6 Å². The zero-order valence-corrected chi connectivity index (χ0v) is 3.33. The van der Waals surface area contributed by atoms with Crippen molar-refractivity contribution < 1.29 is 0 Å².